The van der Waals surface area contributed by atoms with Crippen molar-refractivity contribution in [1.29, 1.82) is 0 Å². The van der Waals surface area contributed by atoms with Gasteiger partial charge in [0, 0.05) is 11.1 Å². The van der Waals surface area contributed by atoms with Crippen molar-refractivity contribution in [3.63, 3.8) is 0 Å². The van der Waals surface area contributed by atoms with E-state index in [0.717, 1.165) is 39.2 Å². The molecular formula is C23H25NO6. The van der Waals surface area contributed by atoms with Crippen molar-refractivity contribution < 1.29 is 29.3 Å². The average Bonchev–Trinajstić information content (AvgIpc) is 2.67. The molecule has 0 saturated heterocycles. The lowest BCUT2D eigenvalue weighted by molar-refractivity contribution is -0.159. The van der Waals surface area contributed by atoms with Gasteiger partial charge in [-0.05, 0) is 51.0 Å². The van der Waals surface area contributed by atoms with Gasteiger partial charge in [-0.2, -0.15) is 0 Å². The number of carboxylic acids is 2. The third-order valence-electron chi connectivity index (χ3n) is 4.20. The minimum absolute atomic E-state index is 0.488. The number of hydrogen-bond donors (Lipinski definition) is 2. The number of rotatable bonds is 5. The van der Waals surface area contributed by atoms with E-state index in [1.54, 1.807) is 0 Å². The highest BCUT2D eigenvalue weighted by molar-refractivity contribution is 6.27. The molecular weight excluding hydrogens is 386 g/mol. The Kier molecular flexibility index (Phi) is 7.75. The van der Waals surface area contributed by atoms with Crippen LogP contribution in [-0.2, 0) is 9.59 Å². The van der Waals surface area contributed by atoms with Crippen LogP contribution in [0.2, 0.25) is 0 Å². The van der Waals surface area contributed by atoms with Crippen molar-refractivity contribution in [3.05, 3.63) is 64.8 Å². The fraction of sp³-hybridized carbons (Fsp3) is 0.261. The number of fused-ring (bicyclic) bond motifs is 1. The lowest BCUT2D eigenvalue weighted by Gasteiger charge is -2.14. The van der Waals surface area contributed by atoms with Crippen LogP contribution >= 0.6 is 0 Å². The first-order valence-electron chi connectivity index (χ1n) is 9.35. The van der Waals surface area contributed by atoms with Crippen LogP contribution in [0.5, 0.6) is 11.5 Å². The molecule has 0 aliphatic rings. The van der Waals surface area contributed by atoms with E-state index in [9.17, 15) is 0 Å². The van der Waals surface area contributed by atoms with Gasteiger partial charge in [0.05, 0.1) is 0 Å². The van der Waals surface area contributed by atoms with Gasteiger partial charge in [0.25, 0.3) is 0 Å². The maximum atomic E-state index is 9.10. The number of benzene rings is 2. The Hall–Kier alpha value is -3.61. The first-order valence-corrected chi connectivity index (χ1v) is 9.35. The van der Waals surface area contributed by atoms with E-state index in [2.05, 4.69) is 44.0 Å². The summed E-state index contributed by atoms with van der Waals surface area (Å²) in [6, 6.07) is 14.4. The van der Waals surface area contributed by atoms with Crippen LogP contribution < -0.4 is 9.47 Å². The van der Waals surface area contributed by atoms with Crippen LogP contribution in [-0.4, -0.2) is 40.3 Å². The Morgan fingerprint density at radius 3 is 2.07 bits per heavy atom. The topological polar surface area (TPSA) is 106 Å². The number of aryl methyl sites for hydroxylation is 4. The van der Waals surface area contributed by atoms with Gasteiger partial charge in [-0.1, -0.05) is 35.9 Å². The molecule has 30 heavy (non-hydrogen) atoms. The molecule has 2 N–H and O–H groups in total. The van der Waals surface area contributed by atoms with E-state index < -0.39 is 11.9 Å². The Bertz CT molecular complexity index is 1030. The highest BCUT2D eigenvalue weighted by atomic mass is 16.5. The van der Waals surface area contributed by atoms with Gasteiger partial charge in [-0.25, -0.2) is 14.6 Å². The maximum absolute atomic E-state index is 9.10. The van der Waals surface area contributed by atoms with Crippen molar-refractivity contribution >= 4 is 22.8 Å². The third kappa shape index (κ3) is 6.20. The van der Waals surface area contributed by atoms with Gasteiger partial charge in [-0.3, -0.25) is 0 Å². The molecule has 2 aromatic carbocycles. The Balaban J connectivity index is 0.000000469. The second kappa shape index (κ2) is 10.2. The molecule has 7 nitrogen and oxygen atoms in total. The van der Waals surface area contributed by atoms with E-state index in [4.69, 9.17) is 29.3 Å². The molecule has 0 atom stereocenters. The van der Waals surface area contributed by atoms with Gasteiger partial charge >= 0.3 is 11.9 Å². The molecule has 1 heterocycles. The Labute approximate surface area is 174 Å². The molecule has 0 amide bonds. The first kappa shape index (κ1) is 22.7. The van der Waals surface area contributed by atoms with Gasteiger partial charge in [0.15, 0.2) is 0 Å². The quantitative estimate of drug-likeness (QED) is 0.481. The highest BCUT2D eigenvalue weighted by Crippen LogP contribution is 2.26. The Morgan fingerprint density at radius 2 is 1.47 bits per heavy atom. The minimum Gasteiger partial charge on any atom is -0.489 e. The number of pyridine rings is 1. The molecule has 1 aromatic heterocycles. The second-order valence-corrected chi connectivity index (χ2v) is 6.82. The summed E-state index contributed by atoms with van der Waals surface area (Å²) in [7, 11) is 0. The summed E-state index contributed by atoms with van der Waals surface area (Å²) < 4.78 is 11.8. The smallest absolute Gasteiger partial charge is 0.414 e. The van der Waals surface area contributed by atoms with Crippen LogP contribution in [0.25, 0.3) is 10.9 Å². The number of carbonyl (C=O) groups is 2. The third-order valence-corrected chi connectivity index (χ3v) is 4.20. The summed E-state index contributed by atoms with van der Waals surface area (Å²) in [6.07, 6.45) is 0. The summed E-state index contributed by atoms with van der Waals surface area (Å²) in [5.41, 5.74) is 5.47. The molecule has 0 unspecified atom stereocenters. The Morgan fingerprint density at radius 1 is 0.867 bits per heavy atom. The predicted molar refractivity (Wildman–Crippen MR) is 113 cm³/mol. The van der Waals surface area contributed by atoms with E-state index in [-0.39, 0.29) is 0 Å². The molecule has 0 aliphatic heterocycles. The van der Waals surface area contributed by atoms with Gasteiger partial charge in [-0.15, -0.1) is 0 Å². The molecule has 0 bridgehead atoms. The van der Waals surface area contributed by atoms with Crippen LogP contribution in [0.1, 0.15) is 22.4 Å². The minimum atomic E-state index is -1.82. The largest absolute Gasteiger partial charge is 0.489 e. The maximum Gasteiger partial charge on any atom is 0.414 e. The summed E-state index contributed by atoms with van der Waals surface area (Å²) in [6.45, 7) is 9.24. The van der Waals surface area contributed by atoms with E-state index in [0.29, 0.717) is 13.2 Å². The number of aliphatic carboxylic acids is 2. The average molecular weight is 411 g/mol. The zero-order chi connectivity index (χ0) is 22.3. The van der Waals surface area contributed by atoms with Crippen LogP contribution in [0.15, 0.2) is 42.5 Å². The number of nitrogens with zero attached hydrogens (tertiary/aromatic N) is 1. The number of carboxylic acid groups (broad SMARTS) is 2. The number of ether oxygens (including phenoxy) is 2. The van der Waals surface area contributed by atoms with Crippen molar-refractivity contribution in [1.82, 2.24) is 4.98 Å². The fourth-order valence-corrected chi connectivity index (χ4v) is 3.02. The molecule has 0 aliphatic carbocycles. The molecule has 3 aromatic rings. The predicted octanol–water partition coefficient (Wildman–Crippen LogP) is 4.08. The van der Waals surface area contributed by atoms with Gasteiger partial charge in [0.2, 0.25) is 0 Å². The standard InChI is InChI=1S/C21H23NO2.C2H2O4/c1-14-12-15(2)21(16(3)13-14)24-11-10-23-19-7-5-6-18-9-8-17(4)22-20(18)19;3-1(4)2(5)6/h5-9,12-13H,10-11H2,1-4H3;(H,3,4)(H,5,6). The van der Waals surface area contributed by atoms with Gasteiger partial charge in [0.1, 0.15) is 30.2 Å². The lowest BCUT2D eigenvalue weighted by atomic mass is 10.1. The lowest BCUT2D eigenvalue weighted by Crippen LogP contribution is -2.10. The zero-order valence-electron chi connectivity index (χ0n) is 17.4. The van der Waals surface area contributed by atoms with Crippen molar-refractivity contribution in [3.8, 4) is 11.5 Å². The molecule has 3 rings (SSSR count). The SMILES string of the molecule is Cc1cc(C)c(OCCOc2cccc3ccc(C)nc23)c(C)c1.O=C(O)C(=O)O. The second-order valence-electron chi connectivity index (χ2n) is 6.82. The van der Waals surface area contributed by atoms with E-state index >= 15 is 0 Å². The summed E-state index contributed by atoms with van der Waals surface area (Å²) in [5.74, 6) is -1.89. The molecule has 0 saturated carbocycles. The van der Waals surface area contributed by atoms with Crippen LogP contribution in [0, 0.1) is 27.7 Å². The van der Waals surface area contributed by atoms with Crippen molar-refractivity contribution in [2.75, 3.05) is 13.2 Å². The van der Waals surface area contributed by atoms with E-state index in [1.807, 2.05) is 31.2 Å². The number of para-hydroxylation sites is 1. The highest BCUT2D eigenvalue weighted by Gasteiger charge is 2.07. The number of aromatic nitrogens is 1. The summed E-state index contributed by atoms with van der Waals surface area (Å²) in [5, 5.41) is 15.9. The normalized spacial score (nSPS) is 10.1. The zero-order valence-corrected chi connectivity index (χ0v) is 17.4. The molecule has 0 radical (unpaired) electrons. The van der Waals surface area contributed by atoms with Crippen LogP contribution in [0.3, 0.4) is 0 Å². The number of hydrogen-bond acceptors (Lipinski definition) is 5. The summed E-state index contributed by atoms with van der Waals surface area (Å²) in [4.78, 5) is 22.8. The first-order chi connectivity index (χ1) is 14.2. The van der Waals surface area contributed by atoms with Crippen molar-refractivity contribution in [2.24, 2.45) is 0 Å². The monoisotopic (exact) mass is 411 g/mol. The van der Waals surface area contributed by atoms with Crippen LogP contribution in [0.4, 0.5) is 0 Å². The molecule has 7 heteroatoms. The molecule has 0 spiro atoms. The molecule has 0 fully saturated rings. The van der Waals surface area contributed by atoms with Gasteiger partial charge < -0.3 is 19.7 Å². The fourth-order valence-electron chi connectivity index (χ4n) is 3.02. The molecule has 158 valence electrons. The summed E-state index contributed by atoms with van der Waals surface area (Å²) >= 11 is 0. The van der Waals surface area contributed by atoms with E-state index in [1.165, 1.54) is 5.56 Å². The van der Waals surface area contributed by atoms with Crippen molar-refractivity contribution in [2.45, 2.75) is 27.7 Å².